The van der Waals surface area contributed by atoms with E-state index in [4.69, 9.17) is 5.14 Å². The van der Waals surface area contributed by atoms with Crippen LogP contribution in [0.2, 0.25) is 0 Å². The van der Waals surface area contributed by atoms with Gasteiger partial charge in [0.05, 0.1) is 4.90 Å². The zero-order valence-electron chi connectivity index (χ0n) is 12.1. The maximum Gasteiger partial charge on any atom is 0.244 e. The van der Waals surface area contributed by atoms with Crippen molar-refractivity contribution in [2.45, 2.75) is 24.3 Å². The van der Waals surface area contributed by atoms with Crippen LogP contribution in [0.3, 0.4) is 0 Å². The third kappa shape index (κ3) is 4.15. The van der Waals surface area contributed by atoms with E-state index in [-0.39, 0.29) is 16.8 Å². The van der Waals surface area contributed by atoms with Crippen molar-refractivity contribution in [3.05, 3.63) is 48.3 Å². The normalized spacial score (nSPS) is 12.8. The number of aromatic nitrogens is 2. The molecule has 1 amide bonds. The van der Waals surface area contributed by atoms with Gasteiger partial charge in [-0.25, -0.2) is 13.6 Å². The second kappa shape index (κ2) is 6.71. The van der Waals surface area contributed by atoms with E-state index < -0.39 is 10.0 Å². The Bertz CT molecular complexity index is 724. The van der Waals surface area contributed by atoms with Gasteiger partial charge in [0.2, 0.25) is 15.9 Å². The fraction of sp³-hybridized carbons (Fsp3) is 0.286. The van der Waals surface area contributed by atoms with Crippen LogP contribution in [0.1, 0.15) is 18.5 Å². The number of carbonyl (C=O) groups is 1. The number of amides is 1. The summed E-state index contributed by atoms with van der Waals surface area (Å²) >= 11 is 0. The van der Waals surface area contributed by atoms with Gasteiger partial charge < -0.3 is 5.32 Å². The molecule has 0 radical (unpaired) electrons. The fourth-order valence-electron chi connectivity index (χ4n) is 1.95. The Hall–Kier alpha value is -2.19. The van der Waals surface area contributed by atoms with Gasteiger partial charge in [-0.2, -0.15) is 5.10 Å². The average Bonchev–Trinajstić information content (AvgIpc) is 3.00. The number of nitrogens with two attached hydrogens (primary N) is 1. The predicted octanol–water partition coefficient (Wildman–Crippen LogP) is 0.450. The molecule has 7 nitrogen and oxygen atoms in total. The molecule has 0 fully saturated rings. The molecule has 22 heavy (non-hydrogen) atoms. The van der Waals surface area contributed by atoms with E-state index in [0.717, 1.165) is 5.56 Å². The first-order valence-electron chi connectivity index (χ1n) is 6.76. The van der Waals surface area contributed by atoms with Crippen molar-refractivity contribution in [2.75, 3.05) is 6.54 Å². The van der Waals surface area contributed by atoms with Crippen molar-refractivity contribution in [2.24, 2.45) is 5.14 Å². The van der Waals surface area contributed by atoms with Crippen LogP contribution >= 0.6 is 0 Å². The standard InChI is InChI=1S/C14H18N4O3S/c1-11(18-10-2-8-17-18)14(19)16-9-7-12-3-5-13(6-4-12)22(15,20)21/h2-6,8,10-11H,7,9H2,1H3,(H,16,19)(H2,15,20,21). The van der Waals surface area contributed by atoms with Gasteiger partial charge >= 0.3 is 0 Å². The summed E-state index contributed by atoms with van der Waals surface area (Å²) in [5.74, 6) is -0.121. The maximum absolute atomic E-state index is 11.9. The number of nitrogens with one attached hydrogen (secondary N) is 1. The van der Waals surface area contributed by atoms with E-state index in [1.165, 1.54) is 12.1 Å². The van der Waals surface area contributed by atoms with Crippen molar-refractivity contribution in [1.82, 2.24) is 15.1 Å². The number of benzene rings is 1. The highest BCUT2D eigenvalue weighted by Crippen LogP contribution is 2.09. The van der Waals surface area contributed by atoms with Crippen molar-refractivity contribution in [3.63, 3.8) is 0 Å². The topological polar surface area (TPSA) is 107 Å². The average molecular weight is 322 g/mol. The quantitative estimate of drug-likeness (QED) is 0.805. The van der Waals surface area contributed by atoms with Crippen LogP contribution in [0.15, 0.2) is 47.6 Å². The number of rotatable bonds is 6. The Labute approximate surface area is 129 Å². The summed E-state index contributed by atoms with van der Waals surface area (Å²) < 4.78 is 23.9. The summed E-state index contributed by atoms with van der Waals surface area (Å²) in [6.07, 6.45) is 3.95. The molecular formula is C14H18N4O3S. The number of nitrogens with zero attached hydrogens (tertiary/aromatic N) is 2. The maximum atomic E-state index is 11.9. The molecule has 1 aromatic heterocycles. The highest BCUT2D eigenvalue weighted by molar-refractivity contribution is 7.89. The van der Waals surface area contributed by atoms with E-state index >= 15 is 0 Å². The van der Waals surface area contributed by atoms with E-state index in [2.05, 4.69) is 10.4 Å². The summed E-state index contributed by atoms with van der Waals surface area (Å²) in [7, 11) is -3.67. The minimum atomic E-state index is -3.67. The molecular weight excluding hydrogens is 304 g/mol. The lowest BCUT2D eigenvalue weighted by atomic mass is 10.1. The summed E-state index contributed by atoms with van der Waals surface area (Å²) in [4.78, 5) is 12.0. The molecule has 0 saturated carbocycles. The minimum Gasteiger partial charge on any atom is -0.354 e. The third-order valence-electron chi connectivity index (χ3n) is 3.27. The minimum absolute atomic E-state index is 0.0765. The summed E-state index contributed by atoms with van der Waals surface area (Å²) in [5, 5.41) is 11.9. The Morgan fingerprint density at radius 2 is 2.05 bits per heavy atom. The van der Waals surface area contributed by atoms with Crippen molar-refractivity contribution in [1.29, 1.82) is 0 Å². The SMILES string of the molecule is CC(C(=O)NCCc1ccc(S(N)(=O)=O)cc1)n1cccn1. The highest BCUT2D eigenvalue weighted by atomic mass is 32.2. The molecule has 0 saturated heterocycles. The summed E-state index contributed by atoms with van der Waals surface area (Å²) in [6, 6.07) is 7.67. The molecule has 3 N–H and O–H groups in total. The highest BCUT2D eigenvalue weighted by Gasteiger charge is 2.14. The number of carbonyl (C=O) groups excluding carboxylic acids is 1. The first-order chi connectivity index (χ1) is 10.4. The van der Waals surface area contributed by atoms with Crippen LogP contribution < -0.4 is 10.5 Å². The van der Waals surface area contributed by atoms with Gasteiger partial charge in [-0.15, -0.1) is 0 Å². The molecule has 8 heteroatoms. The van der Waals surface area contributed by atoms with Gasteiger partial charge in [-0.3, -0.25) is 9.48 Å². The number of sulfonamides is 1. The Kier molecular flexibility index (Phi) is 4.94. The zero-order valence-corrected chi connectivity index (χ0v) is 13.0. The van der Waals surface area contributed by atoms with Gasteiger partial charge in [0.25, 0.3) is 0 Å². The monoisotopic (exact) mass is 322 g/mol. The predicted molar refractivity (Wildman–Crippen MR) is 81.5 cm³/mol. The van der Waals surface area contributed by atoms with Gasteiger partial charge in [-0.1, -0.05) is 12.1 Å². The van der Waals surface area contributed by atoms with Crippen LogP contribution in [0.25, 0.3) is 0 Å². The van der Waals surface area contributed by atoms with Crippen LogP contribution in [-0.4, -0.2) is 30.7 Å². The smallest absolute Gasteiger partial charge is 0.244 e. The number of primary sulfonamides is 1. The Morgan fingerprint density at radius 3 is 2.59 bits per heavy atom. The molecule has 0 spiro atoms. The second-order valence-electron chi connectivity index (χ2n) is 4.89. The van der Waals surface area contributed by atoms with Crippen LogP contribution in [0.4, 0.5) is 0 Å². The zero-order chi connectivity index (χ0) is 16.2. The largest absolute Gasteiger partial charge is 0.354 e. The van der Waals surface area contributed by atoms with Crippen LogP contribution in [0.5, 0.6) is 0 Å². The number of hydrogen-bond acceptors (Lipinski definition) is 4. The third-order valence-corrected chi connectivity index (χ3v) is 4.20. The lowest BCUT2D eigenvalue weighted by Crippen LogP contribution is -2.32. The molecule has 0 aliphatic heterocycles. The lowest BCUT2D eigenvalue weighted by molar-refractivity contribution is -0.124. The molecule has 1 atom stereocenters. The van der Waals surface area contributed by atoms with Crippen molar-refractivity contribution < 1.29 is 13.2 Å². The molecule has 1 unspecified atom stereocenters. The van der Waals surface area contributed by atoms with E-state index in [0.29, 0.717) is 13.0 Å². The molecule has 0 aliphatic carbocycles. The Morgan fingerprint density at radius 1 is 1.36 bits per heavy atom. The number of hydrogen-bond donors (Lipinski definition) is 2. The molecule has 1 aromatic carbocycles. The Balaban J connectivity index is 1.85. The van der Waals surface area contributed by atoms with Gasteiger partial charge in [0.1, 0.15) is 6.04 Å². The first kappa shape index (κ1) is 16.2. The van der Waals surface area contributed by atoms with E-state index in [9.17, 15) is 13.2 Å². The van der Waals surface area contributed by atoms with Gasteiger partial charge in [0.15, 0.2) is 0 Å². The summed E-state index contributed by atoms with van der Waals surface area (Å²) in [5.41, 5.74) is 0.916. The molecule has 2 aromatic rings. The molecule has 0 aliphatic rings. The second-order valence-corrected chi connectivity index (χ2v) is 6.45. The van der Waals surface area contributed by atoms with E-state index in [1.54, 1.807) is 42.2 Å². The fourth-order valence-corrected chi connectivity index (χ4v) is 2.47. The first-order valence-corrected chi connectivity index (χ1v) is 8.31. The van der Waals surface area contributed by atoms with Gasteiger partial charge in [0, 0.05) is 18.9 Å². The van der Waals surface area contributed by atoms with Crippen LogP contribution in [0, 0.1) is 0 Å². The molecule has 2 rings (SSSR count). The van der Waals surface area contributed by atoms with Crippen molar-refractivity contribution >= 4 is 15.9 Å². The lowest BCUT2D eigenvalue weighted by Gasteiger charge is -2.12. The van der Waals surface area contributed by atoms with E-state index in [1.807, 2.05) is 0 Å². The van der Waals surface area contributed by atoms with Gasteiger partial charge in [-0.05, 0) is 37.1 Å². The van der Waals surface area contributed by atoms with Crippen LogP contribution in [-0.2, 0) is 21.2 Å². The molecule has 0 bridgehead atoms. The summed E-state index contributed by atoms with van der Waals surface area (Å²) in [6.45, 7) is 2.22. The molecule has 1 heterocycles. The molecule has 118 valence electrons. The van der Waals surface area contributed by atoms with Crippen molar-refractivity contribution in [3.8, 4) is 0 Å².